The lowest BCUT2D eigenvalue weighted by Crippen LogP contribution is -2.42. The highest BCUT2D eigenvalue weighted by Gasteiger charge is 2.21. The van der Waals surface area contributed by atoms with Crippen molar-refractivity contribution in [1.29, 1.82) is 0 Å². The van der Waals surface area contributed by atoms with Crippen LogP contribution in [0.25, 0.3) is 0 Å². The van der Waals surface area contributed by atoms with Gasteiger partial charge in [0.2, 0.25) is 0 Å². The minimum Gasteiger partial charge on any atom is -0.493 e. The molecule has 0 N–H and O–H groups in total. The van der Waals surface area contributed by atoms with E-state index >= 15 is 0 Å². The van der Waals surface area contributed by atoms with E-state index in [2.05, 4.69) is 4.90 Å². The molecule has 0 spiro atoms. The van der Waals surface area contributed by atoms with Crippen LogP contribution in [-0.4, -0.2) is 43.6 Å². The first-order valence-corrected chi connectivity index (χ1v) is 7.44. The van der Waals surface area contributed by atoms with Gasteiger partial charge in [-0.3, -0.25) is 4.90 Å². The maximum absolute atomic E-state index is 6.02. The predicted molar refractivity (Wildman–Crippen MR) is 78.4 cm³/mol. The topological polar surface area (TPSA) is 21.7 Å². The Morgan fingerprint density at radius 2 is 2.05 bits per heavy atom. The second kappa shape index (κ2) is 7.61. The molecule has 4 heteroatoms. The molecule has 2 rings (SSSR count). The van der Waals surface area contributed by atoms with Crippen molar-refractivity contribution in [2.24, 2.45) is 0 Å². The van der Waals surface area contributed by atoms with Gasteiger partial charge in [-0.2, -0.15) is 0 Å². The average Bonchev–Trinajstić information content (AvgIpc) is 2.48. The molecule has 0 aliphatic carbocycles. The number of likely N-dealkylation sites (tertiary alicyclic amines) is 1. The highest BCUT2D eigenvalue weighted by atomic mass is 35.5. The Kier molecular flexibility index (Phi) is 5.80. The van der Waals surface area contributed by atoms with Gasteiger partial charge in [-0.25, -0.2) is 0 Å². The van der Waals surface area contributed by atoms with E-state index in [0.717, 1.165) is 24.6 Å². The summed E-state index contributed by atoms with van der Waals surface area (Å²) in [6.45, 7) is 2.73. The van der Waals surface area contributed by atoms with E-state index in [4.69, 9.17) is 21.1 Å². The van der Waals surface area contributed by atoms with Crippen molar-refractivity contribution < 1.29 is 9.47 Å². The lowest BCUT2D eigenvalue weighted by atomic mass is 10.0. The molecule has 1 heterocycles. The number of rotatable bonds is 6. The van der Waals surface area contributed by atoms with Crippen molar-refractivity contribution in [1.82, 2.24) is 4.90 Å². The van der Waals surface area contributed by atoms with E-state index in [1.807, 2.05) is 24.3 Å². The van der Waals surface area contributed by atoms with Crippen LogP contribution in [0.1, 0.15) is 19.3 Å². The average molecular weight is 284 g/mol. The van der Waals surface area contributed by atoms with Crippen molar-refractivity contribution in [3.05, 3.63) is 24.3 Å². The van der Waals surface area contributed by atoms with E-state index in [1.165, 1.54) is 19.3 Å². The Morgan fingerprint density at radius 1 is 1.26 bits per heavy atom. The second-order valence-corrected chi connectivity index (χ2v) is 5.15. The normalized spacial score (nSPS) is 20.2. The van der Waals surface area contributed by atoms with Crippen LogP contribution in [0, 0.1) is 0 Å². The molecular formula is C15H22ClNO2. The van der Waals surface area contributed by atoms with Gasteiger partial charge in [-0.1, -0.05) is 18.6 Å². The van der Waals surface area contributed by atoms with Gasteiger partial charge >= 0.3 is 0 Å². The lowest BCUT2D eigenvalue weighted by Gasteiger charge is -2.34. The standard InChI is InChI=1S/C15H22ClNO2/c1-18-14-7-2-3-8-15(14)19-11-10-17-9-5-4-6-13(17)12-16/h2-3,7-8,13H,4-6,9-12H2,1H3. The molecule has 106 valence electrons. The van der Waals surface area contributed by atoms with Crippen LogP contribution >= 0.6 is 11.6 Å². The number of benzene rings is 1. The molecule has 19 heavy (non-hydrogen) atoms. The maximum atomic E-state index is 6.02. The number of para-hydroxylation sites is 2. The molecule has 1 saturated heterocycles. The van der Waals surface area contributed by atoms with Crippen LogP contribution in [0.5, 0.6) is 11.5 Å². The third-order valence-corrected chi connectivity index (χ3v) is 3.99. The second-order valence-electron chi connectivity index (χ2n) is 4.84. The first-order chi connectivity index (χ1) is 9.35. The Bertz CT molecular complexity index is 386. The monoisotopic (exact) mass is 283 g/mol. The first kappa shape index (κ1) is 14.5. The van der Waals surface area contributed by atoms with E-state index in [9.17, 15) is 0 Å². The summed E-state index contributed by atoms with van der Waals surface area (Å²) in [6, 6.07) is 8.27. The fourth-order valence-corrected chi connectivity index (χ4v) is 2.89. The number of hydrogen-bond donors (Lipinski definition) is 0. The van der Waals surface area contributed by atoms with E-state index in [0.29, 0.717) is 18.5 Å². The zero-order valence-corrected chi connectivity index (χ0v) is 12.2. The summed E-state index contributed by atoms with van der Waals surface area (Å²) < 4.78 is 11.1. The highest BCUT2D eigenvalue weighted by molar-refractivity contribution is 6.18. The molecule has 1 unspecified atom stereocenters. The first-order valence-electron chi connectivity index (χ1n) is 6.91. The molecule has 1 aliphatic heterocycles. The molecular weight excluding hydrogens is 262 g/mol. The molecule has 0 aromatic heterocycles. The molecule has 0 bridgehead atoms. The zero-order valence-electron chi connectivity index (χ0n) is 11.5. The van der Waals surface area contributed by atoms with Gasteiger partial charge in [0, 0.05) is 18.5 Å². The highest BCUT2D eigenvalue weighted by Crippen LogP contribution is 2.26. The van der Waals surface area contributed by atoms with E-state index < -0.39 is 0 Å². The molecule has 1 aromatic rings. The molecule has 1 aromatic carbocycles. The van der Waals surface area contributed by atoms with Gasteiger partial charge in [0.1, 0.15) is 6.61 Å². The Balaban J connectivity index is 1.82. The van der Waals surface area contributed by atoms with Gasteiger partial charge in [0.05, 0.1) is 7.11 Å². The molecule has 3 nitrogen and oxygen atoms in total. The number of ether oxygens (including phenoxy) is 2. The van der Waals surface area contributed by atoms with Crippen LogP contribution in [0.15, 0.2) is 24.3 Å². The van der Waals surface area contributed by atoms with Crippen molar-refractivity contribution in [2.75, 3.05) is 32.7 Å². The van der Waals surface area contributed by atoms with Crippen molar-refractivity contribution >= 4 is 11.6 Å². The fraction of sp³-hybridized carbons (Fsp3) is 0.600. The molecule has 0 saturated carbocycles. The Hall–Kier alpha value is -0.930. The number of nitrogens with zero attached hydrogens (tertiary/aromatic N) is 1. The minimum atomic E-state index is 0.511. The summed E-state index contributed by atoms with van der Waals surface area (Å²) in [5, 5.41) is 0. The van der Waals surface area contributed by atoms with Gasteiger partial charge in [0.25, 0.3) is 0 Å². The van der Waals surface area contributed by atoms with Crippen LogP contribution in [-0.2, 0) is 0 Å². The quantitative estimate of drug-likeness (QED) is 0.749. The van der Waals surface area contributed by atoms with Crippen LogP contribution in [0.3, 0.4) is 0 Å². The molecule has 1 aliphatic rings. The molecule has 0 radical (unpaired) electrons. The third-order valence-electron chi connectivity index (χ3n) is 3.63. The predicted octanol–water partition coefficient (Wildman–Crippen LogP) is 3.17. The number of hydrogen-bond acceptors (Lipinski definition) is 3. The van der Waals surface area contributed by atoms with E-state index in [1.54, 1.807) is 7.11 Å². The number of piperidine rings is 1. The van der Waals surface area contributed by atoms with Crippen molar-refractivity contribution in [3.8, 4) is 11.5 Å². The van der Waals surface area contributed by atoms with E-state index in [-0.39, 0.29) is 0 Å². The largest absolute Gasteiger partial charge is 0.493 e. The maximum Gasteiger partial charge on any atom is 0.161 e. The van der Waals surface area contributed by atoms with Gasteiger partial charge in [-0.05, 0) is 31.5 Å². The summed E-state index contributed by atoms with van der Waals surface area (Å²) in [4.78, 5) is 2.44. The van der Waals surface area contributed by atoms with Crippen LogP contribution in [0.4, 0.5) is 0 Å². The SMILES string of the molecule is COc1ccccc1OCCN1CCCCC1CCl. The fourth-order valence-electron chi connectivity index (χ4n) is 2.54. The number of halogens is 1. The number of alkyl halides is 1. The summed E-state index contributed by atoms with van der Waals surface area (Å²) in [5.74, 6) is 2.31. The number of methoxy groups -OCH3 is 1. The van der Waals surface area contributed by atoms with Crippen LogP contribution < -0.4 is 9.47 Å². The third kappa shape index (κ3) is 4.02. The van der Waals surface area contributed by atoms with Crippen molar-refractivity contribution in [2.45, 2.75) is 25.3 Å². The summed E-state index contributed by atoms with van der Waals surface area (Å²) in [5.41, 5.74) is 0. The molecule has 0 amide bonds. The summed E-state index contributed by atoms with van der Waals surface area (Å²) >= 11 is 6.02. The summed E-state index contributed by atoms with van der Waals surface area (Å²) in [6.07, 6.45) is 3.77. The van der Waals surface area contributed by atoms with Crippen LogP contribution in [0.2, 0.25) is 0 Å². The van der Waals surface area contributed by atoms with Crippen molar-refractivity contribution in [3.63, 3.8) is 0 Å². The molecule has 1 atom stereocenters. The Morgan fingerprint density at radius 3 is 2.79 bits per heavy atom. The minimum absolute atomic E-state index is 0.511. The summed E-state index contributed by atoms with van der Waals surface area (Å²) in [7, 11) is 1.66. The zero-order chi connectivity index (χ0) is 13.5. The Labute approximate surface area is 120 Å². The van der Waals surface area contributed by atoms with Gasteiger partial charge in [0.15, 0.2) is 11.5 Å². The van der Waals surface area contributed by atoms with Gasteiger partial charge < -0.3 is 9.47 Å². The molecule has 1 fully saturated rings. The smallest absolute Gasteiger partial charge is 0.161 e. The van der Waals surface area contributed by atoms with Gasteiger partial charge in [-0.15, -0.1) is 11.6 Å². The lowest BCUT2D eigenvalue weighted by molar-refractivity contribution is 0.134.